The molecular formula is C17H14N2OS. The molecule has 21 heavy (non-hydrogen) atoms. The largest absolute Gasteiger partial charge is 0.497 e. The Morgan fingerprint density at radius 1 is 1.29 bits per heavy atom. The van der Waals surface area contributed by atoms with Gasteiger partial charge in [0.05, 0.1) is 30.3 Å². The molecule has 0 saturated heterocycles. The van der Waals surface area contributed by atoms with Crippen LogP contribution in [0.4, 0.5) is 0 Å². The lowest BCUT2D eigenvalue weighted by atomic mass is 10.0. The molecule has 2 aromatic carbocycles. The average Bonchev–Trinajstić information content (AvgIpc) is 2.95. The Morgan fingerprint density at radius 3 is 3.00 bits per heavy atom. The Morgan fingerprint density at radius 2 is 2.19 bits per heavy atom. The van der Waals surface area contributed by atoms with Crippen LogP contribution in [-0.4, -0.2) is 12.1 Å². The molecule has 0 fully saturated rings. The first kappa shape index (κ1) is 13.6. The van der Waals surface area contributed by atoms with Crippen LogP contribution < -0.4 is 4.74 Å². The number of rotatable bonds is 4. The van der Waals surface area contributed by atoms with Crippen molar-refractivity contribution in [1.29, 1.82) is 5.26 Å². The highest BCUT2D eigenvalue weighted by molar-refractivity contribution is 7.09. The van der Waals surface area contributed by atoms with Gasteiger partial charge in [0.25, 0.3) is 0 Å². The molecule has 104 valence electrons. The summed E-state index contributed by atoms with van der Waals surface area (Å²) in [5.41, 5.74) is 2.08. The summed E-state index contributed by atoms with van der Waals surface area (Å²) in [6.07, 6.45) is 1.15. The van der Waals surface area contributed by atoms with Gasteiger partial charge in [0.15, 0.2) is 0 Å². The summed E-state index contributed by atoms with van der Waals surface area (Å²) in [4.78, 5) is 4.51. The first-order chi connectivity index (χ1) is 10.3. The van der Waals surface area contributed by atoms with Crippen LogP contribution in [-0.2, 0) is 12.8 Å². The topological polar surface area (TPSA) is 45.9 Å². The lowest BCUT2D eigenvalue weighted by Crippen LogP contribution is -1.91. The lowest BCUT2D eigenvalue weighted by Gasteiger charge is -2.07. The number of aromatic nitrogens is 1. The first-order valence-corrected chi connectivity index (χ1v) is 7.54. The smallest absolute Gasteiger partial charge is 0.119 e. The molecule has 0 unspecified atom stereocenters. The van der Waals surface area contributed by atoms with Crippen LogP contribution in [0.5, 0.6) is 5.75 Å². The SMILES string of the molecule is COc1ccc2cccc(Cc3nc(CC#N)cs3)c2c1. The molecule has 3 aromatic rings. The van der Waals surface area contributed by atoms with Crippen molar-refractivity contribution in [2.75, 3.05) is 7.11 Å². The van der Waals surface area contributed by atoms with Crippen molar-refractivity contribution in [3.8, 4) is 11.8 Å². The summed E-state index contributed by atoms with van der Waals surface area (Å²) in [6, 6.07) is 14.5. The van der Waals surface area contributed by atoms with Crippen molar-refractivity contribution in [3.63, 3.8) is 0 Å². The molecule has 0 aliphatic heterocycles. The Hall–Kier alpha value is -2.38. The van der Waals surface area contributed by atoms with Crippen molar-refractivity contribution in [1.82, 2.24) is 4.98 Å². The quantitative estimate of drug-likeness (QED) is 0.731. The number of hydrogen-bond donors (Lipinski definition) is 0. The van der Waals surface area contributed by atoms with Gasteiger partial charge in [-0.15, -0.1) is 11.3 Å². The summed E-state index contributed by atoms with van der Waals surface area (Å²) < 4.78 is 5.31. The second-order valence-electron chi connectivity index (χ2n) is 4.75. The number of nitrogens with zero attached hydrogens (tertiary/aromatic N) is 2. The van der Waals surface area contributed by atoms with Crippen LogP contribution in [0.25, 0.3) is 10.8 Å². The number of nitriles is 1. The number of ether oxygens (including phenoxy) is 1. The highest BCUT2D eigenvalue weighted by atomic mass is 32.1. The van der Waals surface area contributed by atoms with Crippen LogP contribution in [0.3, 0.4) is 0 Å². The van der Waals surface area contributed by atoms with E-state index >= 15 is 0 Å². The molecule has 0 saturated carbocycles. The van der Waals surface area contributed by atoms with Crippen LogP contribution >= 0.6 is 11.3 Å². The monoisotopic (exact) mass is 294 g/mol. The molecule has 0 atom stereocenters. The van der Waals surface area contributed by atoms with Gasteiger partial charge < -0.3 is 4.74 Å². The van der Waals surface area contributed by atoms with E-state index in [4.69, 9.17) is 10.00 Å². The summed E-state index contributed by atoms with van der Waals surface area (Å²) in [7, 11) is 1.68. The van der Waals surface area contributed by atoms with E-state index in [1.165, 1.54) is 16.3 Å². The summed E-state index contributed by atoms with van der Waals surface area (Å²) in [6.45, 7) is 0. The maximum atomic E-state index is 8.72. The fraction of sp³-hybridized carbons (Fsp3) is 0.176. The van der Waals surface area contributed by atoms with E-state index in [1.54, 1.807) is 18.4 Å². The van der Waals surface area contributed by atoms with Gasteiger partial charge in [0.2, 0.25) is 0 Å². The summed E-state index contributed by atoms with van der Waals surface area (Å²) in [5, 5.41) is 14.1. The van der Waals surface area contributed by atoms with Gasteiger partial charge >= 0.3 is 0 Å². The molecule has 0 radical (unpaired) electrons. The standard InChI is InChI=1S/C17H14N2OS/c1-20-15-6-5-12-3-2-4-13(16(12)10-15)9-17-19-14(7-8-18)11-21-17/h2-6,10-11H,7,9H2,1H3. The number of fused-ring (bicyclic) bond motifs is 1. The Labute approximate surface area is 127 Å². The van der Waals surface area contributed by atoms with E-state index in [1.807, 2.05) is 11.4 Å². The zero-order valence-corrected chi connectivity index (χ0v) is 12.5. The van der Waals surface area contributed by atoms with Crippen molar-refractivity contribution in [3.05, 3.63) is 58.0 Å². The van der Waals surface area contributed by atoms with Crippen LogP contribution in [0.2, 0.25) is 0 Å². The maximum Gasteiger partial charge on any atom is 0.119 e. The molecule has 0 amide bonds. The average molecular weight is 294 g/mol. The van der Waals surface area contributed by atoms with Crippen molar-refractivity contribution < 1.29 is 4.74 Å². The van der Waals surface area contributed by atoms with Gasteiger partial charge in [-0.2, -0.15) is 5.26 Å². The number of hydrogen-bond acceptors (Lipinski definition) is 4. The zero-order valence-electron chi connectivity index (χ0n) is 11.7. The molecule has 0 bridgehead atoms. The number of benzene rings is 2. The highest BCUT2D eigenvalue weighted by Crippen LogP contribution is 2.26. The van der Waals surface area contributed by atoms with Crippen LogP contribution in [0.15, 0.2) is 41.8 Å². The van der Waals surface area contributed by atoms with E-state index in [9.17, 15) is 0 Å². The maximum absolute atomic E-state index is 8.72. The molecule has 0 spiro atoms. The number of methoxy groups -OCH3 is 1. The predicted octanol–water partition coefficient (Wildman–Crippen LogP) is 3.96. The predicted molar refractivity (Wildman–Crippen MR) is 84.7 cm³/mol. The highest BCUT2D eigenvalue weighted by Gasteiger charge is 2.07. The molecular weight excluding hydrogens is 280 g/mol. The Balaban J connectivity index is 1.97. The zero-order chi connectivity index (χ0) is 14.7. The van der Waals surface area contributed by atoms with E-state index in [2.05, 4.69) is 41.4 Å². The van der Waals surface area contributed by atoms with Crippen LogP contribution in [0.1, 0.15) is 16.3 Å². The fourth-order valence-corrected chi connectivity index (χ4v) is 3.17. The van der Waals surface area contributed by atoms with Crippen molar-refractivity contribution >= 4 is 22.1 Å². The lowest BCUT2D eigenvalue weighted by molar-refractivity contribution is 0.415. The van der Waals surface area contributed by atoms with Gasteiger partial charge in [0, 0.05) is 11.8 Å². The van der Waals surface area contributed by atoms with E-state index in [0.29, 0.717) is 6.42 Å². The minimum atomic E-state index is 0.375. The molecule has 1 aromatic heterocycles. The molecule has 0 aliphatic rings. The van der Waals surface area contributed by atoms with Crippen molar-refractivity contribution in [2.24, 2.45) is 0 Å². The van der Waals surface area contributed by atoms with Crippen LogP contribution in [0, 0.1) is 11.3 Å². The van der Waals surface area contributed by atoms with E-state index < -0.39 is 0 Å². The van der Waals surface area contributed by atoms with Gasteiger partial charge in [-0.1, -0.05) is 24.3 Å². The van der Waals surface area contributed by atoms with E-state index in [-0.39, 0.29) is 0 Å². The van der Waals surface area contributed by atoms with Gasteiger partial charge in [-0.3, -0.25) is 0 Å². The van der Waals surface area contributed by atoms with Gasteiger partial charge in [-0.05, 0) is 28.5 Å². The normalized spacial score (nSPS) is 10.5. The minimum Gasteiger partial charge on any atom is -0.497 e. The molecule has 0 N–H and O–H groups in total. The second kappa shape index (κ2) is 5.94. The van der Waals surface area contributed by atoms with Gasteiger partial charge in [-0.25, -0.2) is 4.98 Å². The number of thiazole rings is 1. The summed E-state index contributed by atoms with van der Waals surface area (Å²) in [5.74, 6) is 0.860. The Kier molecular flexibility index (Phi) is 3.85. The molecule has 1 heterocycles. The third-order valence-electron chi connectivity index (χ3n) is 3.38. The minimum absolute atomic E-state index is 0.375. The third kappa shape index (κ3) is 2.88. The second-order valence-corrected chi connectivity index (χ2v) is 5.69. The molecule has 0 aliphatic carbocycles. The van der Waals surface area contributed by atoms with E-state index in [0.717, 1.165) is 22.9 Å². The Bertz CT molecular complexity index is 817. The fourth-order valence-electron chi connectivity index (χ4n) is 2.35. The summed E-state index contributed by atoms with van der Waals surface area (Å²) >= 11 is 1.61. The third-order valence-corrected chi connectivity index (χ3v) is 4.28. The first-order valence-electron chi connectivity index (χ1n) is 6.66. The molecule has 3 rings (SSSR count). The van der Waals surface area contributed by atoms with Gasteiger partial charge in [0.1, 0.15) is 5.75 Å². The van der Waals surface area contributed by atoms with Crippen molar-refractivity contribution in [2.45, 2.75) is 12.8 Å². The molecule has 4 heteroatoms. The molecule has 3 nitrogen and oxygen atoms in total.